The fraction of sp³-hybridized carbons (Fsp3) is 0.250. The highest BCUT2D eigenvalue weighted by molar-refractivity contribution is 9.10. The molecule has 0 atom stereocenters. The summed E-state index contributed by atoms with van der Waals surface area (Å²) >= 11 is 3.09. The topological polar surface area (TPSA) is 21.3 Å². The van der Waals surface area contributed by atoms with Crippen molar-refractivity contribution in [3.05, 3.63) is 58.1 Å². The van der Waals surface area contributed by atoms with Gasteiger partial charge in [-0.3, -0.25) is 0 Å². The molecule has 2 rings (SSSR count). The van der Waals surface area contributed by atoms with E-state index in [1.165, 1.54) is 30.3 Å². The van der Waals surface area contributed by atoms with Gasteiger partial charge in [-0.05, 0) is 64.8 Å². The van der Waals surface area contributed by atoms with E-state index in [2.05, 4.69) is 28.2 Å². The fourth-order valence-electron chi connectivity index (χ4n) is 1.87. The fourth-order valence-corrected chi connectivity index (χ4v) is 2.23. The molecule has 0 saturated carbocycles. The number of ether oxygens (including phenoxy) is 1. The molecule has 1 N–H and O–H groups in total. The summed E-state index contributed by atoms with van der Waals surface area (Å²) in [6.07, 6.45) is 1.02. The van der Waals surface area contributed by atoms with Crippen LogP contribution >= 0.6 is 15.9 Å². The molecule has 21 heavy (non-hydrogen) atoms. The normalized spacial score (nSPS) is 10.7. The Labute approximate surface area is 131 Å². The van der Waals surface area contributed by atoms with Crippen molar-refractivity contribution in [2.45, 2.75) is 19.9 Å². The van der Waals surface area contributed by atoms with Gasteiger partial charge in [-0.1, -0.05) is 6.92 Å². The molecule has 0 radical (unpaired) electrons. The highest BCUT2D eigenvalue weighted by atomic mass is 79.9. The number of halogens is 3. The lowest BCUT2D eigenvalue weighted by Gasteiger charge is -2.09. The van der Waals surface area contributed by atoms with Crippen LogP contribution in [0.5, 0.6) is 11.5 Å². The summed E-state index contributed by atoms with van der Waals surface area (Å²) in [5, 5.41) is 3.21. The van der Waals surface area contributed by atoms with Gasteiger partial charge in [0.1, 0.15) is 23.1 Å². The molecule has 2 nitrogen and oxygen atoms in total. The van der Waals surface area contributed by atoms with Gasteiger partial charge in [0.2, 0.25) is 0 Å². The van der Waals surface area contributed by atoms with E-state index in [9.17, 15) is 8.78 Å². The van der Waals surface area contributed by atoms with Crippen LogP contribution < -0.4 is 10.1 Å². The lowest BCUT2D eigenvalue weighted by molar-refractivity contribution is 0.472. The molecular weight excluding hydrogens is 340 g/mol. The Morgan fingerprint density at radius 1 is 1.10 bits per heavy atom. The van der Waals surface area contributed by atoms with Crippen LogP contribution in [0.25, 0.3) is 0 Å². The Morgan fingerprint density at radius 2 is 1.90 bits per heavy atom. The Kier molecular flexibility index (Phi) is 5.70. The minimum absolute atomic E-state index is 0.307. The molecule has 5 heteroatoms. The van der Waals surface area contributed by atoms with Crippen molar-refractivity contribution in [1.82, 2.24) is 5.32 Å². The van der Waals surface area contributed by atoms with E-state index in [1.807, 2.05) is 0 Å². The van der Waals surface area contributed by atoms with Gasteiger partial charge in [-0.25, -0.2) is 8.78 Å². The van der Waals surface area contributed by atoms with Gasteiger partial charge in [0.25, 0.3) is 0 Å². The van der Waals surface area contributed by atoms with Crippen molar-refractivity contribution in [1.29, 1.82) is 0 Å². The Balaban J connectivity index is 2.13. The second-order valence-corrected chi connectivity index (χ2v) is 5.50. The molecule has 0 aromatic heterocycles. The van der Waals surface area contributed by atoms with Crippen molar-refractivity contribution in [3.8, 4) is 11.5 Å². The second-order valence-electron chi connectivity index (χ2n) is 4.65. The monoisotopic (exact) mass is 355 g/mol. The van der Waals surface area contributed by atoms with Crippen LogP contribution in [0.1, 0.15) is 18.9 Å². The molecule has 0 aliphatic rings. The Morgan fingerprint density at radius 3 is 2.62 bits per heavy atom. The van der Waals surface area contributed by atoms with E-state index in [0.29, 0.717) is 22.5 Å². The van der Waals surface area contributed by atoms with Crippen LogP contribution in [0.4, 0.5) is 8.78 Å². The van der Waals surface area contributed by atoms with Crippen LogP contribution in [0.3, 0.4) is 0 Å². The number of hydrogen-bond donors (Lipinski definition) is 1. The first-order valence-corrected chi connectivity index (χ1v) is 7.51. The third-order valence-corrected chi connectivity index (χ3v) is 3.42. The van der Waals surface area contributed by atoms with Crippen LogP contribution in [-0.2, 0) is 6.54 Å². The van der Waals surface area contributed by atoms with Crippen LogP contribution in [-0.4, -0.2) is 6.54 Å². The highest BCUT2D eigenvalue weighted by Gasteiger charge is 2.06. The van der Waals surface area contributed by atoms with E-state index >= 15 is 0 Å². The van der Waals surface area contributed by atoms with E-state index < -0.39 is 0 Å². The van der Waals surface area contributed by atoms with Crippen molar-refractivity contribution in [2.75, 3.05) is 6.54 Å². The molecule has 0 saturated heterocycles. The molecular formula is C16H16BrF2NO. The Hall–Kier alpha value is -1.46. The standard InChI is InChI=1S/C16H16BrF2NO/c1-2-5-20-10-11-6-12(18)8-14(7-11)21-13-3-4-16(19)15(17)9-13/h3-4,6-9,20H,2,5,10H2,1H3. The average molecular weight is 356 g/mol. The van der Waals surface area contributed by atoms with Crippen molar-refractivity contribution < 1.29 is 13.5 Å². The number of nitrogens with one attached hydrogen (secondary N) is 1. The molecule has 0 aliphatic carbocycles. The maximum absolute atomic E-state index is 13.6. The molecule has 0 bridgehead atoms. The lowest BCUT2D eigenvalue weighted by atomic mass is 10.2. The molecule has 0 heterocycles. The number of rotatable bonds is 6. The van der Waals surface area contributed by atoms with E-state index in [0.717, 1.165) is 18.5 Å². The SMILES string of the molecule is CCCNCc1cc(F)cc(Oc2ccc(F)c(Br)c2)c1. The smallest absolute Gasteiger partial charge is 0.137 e. The van der Waals surface area contributed by atoms with E-state index in [-0.39, 0.29) is 11.6 Å². The Bertz CT molecular complexity index is 619. The van der Waals surface area contributed by atoms with Gasteiger partial charge in [-0.2, -0.15) is 0 Å². The summed E-state index contributed by atoms with van der Waals surface area (Å²) in [5.74, 6) is 0.108. The third kappa shape index (κ3) is 4.79. The first kappa shape index (κ1) is 15.9. The zero-order chi connectivity index (χ0) is 15.2. The van der Waals surface area contributed by atoms with E-state index in [4.69, 9.17) is 4.74 Å². The van der Waals surface area contributed by atoms with Crippen molar-refractivity contribution in [3.63, 3.8) is 0 Å². The molecule has 0 fully saturated rings. The zero-order valence-electron chi connectivity index (χ0n) is 11.6. The van der Waals surface area contributed by atoms with Crippen molar-refractivity contribution >= 4 is 15.9 Å². The predicted molar refractivity (Wildman–Crippen MR) is 82.6 cm³/mol. The molecule has 0 amide bonds. The van der Waals surface area contributed by atoms with E-state index in [1.54, 1.807) is 6.07 Å². The summed E-state index contributed by atoms with van der Waals surface area (Å²) in [7, 11) is 0. The van der Waals surface area contributed by atoms with Gasteiger partial charge in [0.15, 0.2) is 0 Å². The molecule has 2 aromatic rings. The van der Waals surface area contributed by atoms with Gasteiger partial charge in [0.05, 0.1) is 4.47 Å². The quantitative estimate of drug-likeness (QED) is 0.734. The second kappa shape index (κ2) is 7.52. The first-order chi connectivity index (χ1) is 10.1. The molecule has 0 unspecified atom stereocenters. The molecule has 2 aromatic carbocycles. The van der Waals surface area contributed by atoms with Crippen LogP contribution in [0, 0.1) is 11.6 Å². The molecule has 0 spiro atoms. The van der Waals surface area contributed by atoms with Gasteiger partial charge < -0.3 is 10.1 Å². The maximum Gasteiger partial charge on any atom is 0.137 e. The lowest BCUT2D eigenvalue weighted by Crippen LogP contribution is -2.13. The molecule has 112 valence electrons. The summed E-state index contributed by atoms with van der Waals surface area (Å²) in [6.45, 7) is 3.52. The largest absolute Gasteiger partial charge is 0.457 e. The zero-order valence-corrected chi connectivity index (χ0v) is 13.2. The van der Waals surface area contributed by atoms with Crippen LogP contribution in [0.2, 0.25) is 0 Å². The highest BCUT2D eigenvalue weighted by Crippen LogP contribution is 2.27. The average Bonchev–Trinajstić information content (AvgIpc) is 2.43. The van der Waals surface area contributed by atoms with Gasteiger partial charge in [-0.15, -0.1) is 0 Å². The summed E-state index contributed by atoms with van der Waals surface area (Å²) < 4.78 is 32.7. The molecule has 0 aliphatic heterocycles. The number of hydrogen-bond acceptors (Lipinski definition) is 2. The maximum atomic E-state index is 13.6. The minimum Gasteiger partial charge on any atom is -0.457 e. The summed E-state index contributed by atoms with van der Waals surface area (Å²) in [4.78, 5) is 0. The van der Waals surface area contributed by atoms with Crippen molar-refractivity contribution in [2.24, 2.45) is 0 Å². The van der Waals surface area contributed by atoms with Gasteiger partial charge >= 0.3 is 0 Å². The third-order valence-electron chi connectivity index (χ3n) is 2.81. The summed E-state index contributed by atoms with van der Waals surface area (Å²) in [5.41, 5.74) is 0.805. The van der Waals surface area contributed by atoms with Crippen LogP contribution in [0.15, 0.2) is 40.9 Å². The first-order valence-electron chi connectivity index (χ1n) is 6.71. The van der Waals surface area contributed by atoms with Gasteiger partial charge in [0, 0.05) is 12.6 Å². The minimum atomic E-state index is -0.369. The number of benzene rings is 2. The predicted octanol–water partition coefficient (Wildman–Crippen LogP) is 5.02. The summed E-state index contributed by atoms with van der Waals surface area (Å²) in [6, 6.07) is 8.84.